The molecule has 2 heterocycles. The molecule has 14 heavy (non-hydrogen) atoms. The molecule has 2 rings (SSSR count). The maximum Gasteiger partial charge on any atom is 0.309 e. The number of carbonyl (C=O) groups is 1. The number of fused-ring (bicyclic) bond motifs is 1. The van der Waals surface area contributed by atoms with Crippen LogP contribution in [0.25, 0.3) is 4.96 Å². The average molecular weight is 210 g/mol. The van der Waals surface area contributed by atoms with Gasteiger partial charge in [0.1, 0.15) is 0 Å². The number of imidazole rings is 1. The molecule has 0 atom stereocenters. The van der Waals surface area contributed by atoms with Crippen LogP contribution < -0.4 is 0 Å². The second-order valence-corrected chi connectivity index (χ2v) is 3.87. The van der Waals surface area contributed by atoms with Gasteiger partial charge in [-0.15, -0.1) is 11.3 Å². The van der Waals surface area contributed by atoms with E-state index in [4.69, 9.17) is 5.11 Å². The highest BCUT2D eigenvalue weighted by molar-refractivity contribution is 7.15. The SMILES string of the molecule is CCc1cn2c(CC(=O)O)csc2n1. The molecule has 74 valence electrons. The predicted octanol–water partition coefficient (Wildman–Crippen LogP) is 1.59. The first kappa shape index (κ1) is 9.21. The molecule has 2 aromatic rings. The van der Waals surface area contributed by atoms with E-state index in [1.165, 1.54) is 11.3 Å². The molecule has 1 N–H and O–H groups in total. The van der Waals surface area contributed by atoms with Gasteiger partial charge in [-0.1, -0.05) is 6.92 Å². The summed E-state index contributed by atoms with van der Waals surface area (Å²) in [5.41, 5.74) is 1.80. The van der Waals surface area contributed by atoms with E-state index in [1.807, 2.05) is 22.9 Å². The van der Waals surface area contributed by atoms with Crippen molar-refractivity contribution in [1.29, 1.82) is 0 Å². The number of carboxylic acids is 1. The number of aromatic nitrogens is 2. The minimum Gasteiger partial charge on any atom is -0.481 e. The molecule has 5 heteroatoms. The van der Waals surface area contributed by atoms with E-state index in [0.29, 0.717) is 0 Å². The summed E-state index contributed by atoms with van der Waals surface area (Å²) in [4.78, 5) is 15.8. The lowest BCUT2D eigenvalue weighted by atomic mass is 10.3. The molecule has 0 aliphatic carbocycles. The molecular formula is C9H10N2O2S. The topological polar surface area (TPSA) is 54.6 Å². The maximum absolute atomic E-state index is 10.6. The standard InChI is InChI=1S/C9H10N2O2S/c1-2-6-4-11-7(3-8(12)13)5-14-9(11)10-6/h4-5H,2-3H2,1H3,(H,12,13). The minimum absolute atomic E-state index is 0.0551. The van der Waals surface area contributed by atoms with Crippen molar-refractivity contribution in [2.75, 3.05) is 0 Å². The quantitative estimate of drug-likeness (QED) is 0.836. The Labute approximate surface area is 84.8 Å². The molecule has 0 fully saturated rings. The van der Waals surface area contributed by atoms with Crippen LogP contribution in [-0.2, 0) is 17.6 Å². The zero-order valence-corrected chi connectivity index (χ0v) is 8.54. The molecule has 0 bridgehead atoms. The third-order valence-electron chi connectivity index (χ3n) is 2.03. The van der Waals surface area contributed by atoms with Gasteiger partial charge in [-0.3, -0.25) is 9.20 Å². The van der Waals surface area contributed by atoms with Crippen LogP contribution in [0.4, 0.5) is 0 Å². The zero-order valence-electron chi connectivity index (χ0n) is 7.73. The first-order valence-corrected chi connectivity index (χ1v) is 5.24. The molecule has 2 aromatic heterocycles. The van der Waals surface area contributed by atoms with Crippen molar-refractivity contribution in [3.63, 3.8) is 0 Å². The van der Waals surface area contributed by atoms with Gasteiger partial charge in [0.05, 0.1) is 12.1 Å². The number of aryl methyl sites for hydroxylation is 1. The molecule has 0 saturated heterocycles. The fourth-order valence-corrected chi connectivity index (χ4v) is 2.22. The van der Waals surface area contributed by atoms with E-state index < -0.39 is 5.97 Å². The Morgan fingerprint density at radius 2 is 2.50 bits per heavy atom. The second-order valence-electron chi connectivity index (χ2n) is 3.04. The summed E-state index contributed by atoms with van der Waals surface area (Å²) >= 11 is 1.48. The van der Waals surface area contributed by atoms with E-state index in [2.05, 4.69) is 4.98 Å². The van der Waals surface area contributed by atoms with Gasteiger partial charge in [-0.2, -0.15) is 0 Å². The molecule has 0 aliphatic rings. The molecule has 0 aliphatic heterocycles. The van der Waals surface area contributed by atoms with Crippen LogP contribution in [0.3, 0.4) is 0 Å². The van der Waals surface area contributed by atoms with Crippen molar-refractivity contribution in [1.82, 2.24) is 9.38 Å². The highest BCUT2D eigenvalue weighted by Gasteiger charge is 2.09. The molecule has 0 amide bonds. The summed E-state index contributed by atoms with van der Waals surface area (Å²) in [6.45, 7) is 2.03. The number of hydrogen-bond donors (Lipinski definition) is 1. The van der Waals surface area contributed by atoms with Crippen LogP contribution in [0, 0.1) is 0 Å². The molecule has 0 aromatic carbocycles. The van der Waals surface area contributed by atoms with Gasteiger partial charge in [0.25, 0.3) is 0 Å². The van der Waals surface area contributed by atoms with Crippen molar-refractivity contribution < 1.29 is 9.90 Å². The lowest BCUT2D eigenvalue weighted by Crippen LogP contribution is -2.02. The summed E-state index contributed by atoms with van der Waals surface area (Å²) in [7, 11) is 0. The highest BCUT2D eigenvalue weighted by Crippen LogP contribution is 2.17. The largest absolute Gasteiger partial charge is 0.481 e. The Hall–Kier alpha value is -1.36. The van der Waals surface area contributed by atoms with Gasteiger partial charge in [-0.25, -0.2) is 4.98 Å². The number of aliphatic carboxylic acids is 1. The zero-order chi connectivity index (χ0) is 10.1. The Bertz CT molecular complexity index is 472. The number of nitrogens with zero attached hydrogens (tertiary/aromatic N) is 2. The van der Waals surface area contributed by atoms with Crippen molar-refractivity contribution >= 4 is 22.3 Å². The summed E-state index contributed by atoms with van der Waals surface area (Å²) in [5.74, 6) is -0.809. The lowest BCUT2D eigenvalue weighted by Gasteiger charge is -1.92. The summed E-state index contributed by atoms with van der Waals surface area (Å²) < 4.78 is 1.86. The maximum atomic E-state index is 10.6. The average Bonchev–Trinajstić information content (AvgIpc) is 2.66. The third kappa shape index (κ3) is 1.50. The predicted molar refractivity (Wildman–Crippen MR) is 53.8 cm³/mol. The van der Waals surface area contributed by atoms with Crippen LogP contribution in [0.1, 0.15) is 18.3 Å². The van der Waals surface area contributed by atoms with E-state index in [-0.39, 0.29) is 6.42 Å². The number of rotatable bonds is 3. The van der Waals surface area contributed by atoms with Gasteiger partial charge in [0, 0.05) is 17.3 Å². The van der Waals surface area contributed by atoms with Gasteiger partial charge in [0.2, 0.25) is 0 Å². The van der Waals surface area contributed by atoms with E-state index >= 15 is 0 Å². The second kappa shape index (κ2) is 3.42. The van der Waals surface area contributed by atoms with Gasteiger partial charge < -0.3 is 5.11 Å². The van der Waals surface area contributed by atoms with Gasteiger partial charge >= 0.3 is 5.97 Å². The van der Waals surface area contributed by atoms with E-state index in [1.54, 1.807) is 0 Å². The van der Waals surface area contributed by atoms with E-state index in [0.717, 1.165) is 22.8 Å². The van der Waals surface area contributed by atoms with Crippen LogP contribution in [-0.4, -0.2) is 20.5 Å². The summed E-state index contributed by atoms with van der Waals surface area (Å²) in [6, 6.07) is 0. The molecular weight excluding hydrogens is 200 g/mol. The fourth-order valence-electron chi connectivity index (χ4n) is 1.33. The van der Waals surface area contributed by atoms with Crippen molar-refractivity contribution in [2.24, 2.45) is 0 Å². The highest BCUT2D eigenvalue weighted by atomic mass is 32.1. The smallest absolute Gasteiger partial charge is 0.309 e. The van der Waals surface area contributed by atoms with Gasteiger partial charge in [0.15, 0.2) is 4.96 Å². The first-order valence-electron chi connectivity index (χ1n) is 4.37. The molecule has 0 unspecified atom stereocenters. The lowest BCUT2D eigenvalue weighted by molar-refractivity contribution is -0.136. The van der Waals surface area contributed by atoms with Crippen LogP contribution in [0.5, 0.6) is 0 Å². The van der Waals surface area contributed by atoms with Gasteiger partial charge in [-0.05, 0) is 6.42 Å². The fraction of sp³-hybridized carbons (Fsp3) is 0.333. The van der Waals surface area contributed by atoms with Crippen molar-refractivity contribution in [2.45, 2.75) is 19.8 Å². The number of hydrogen-bond acceptors (Lipinski definition) is 3. The summed E-state index contributed by atoms with van der Waals surface area (Å²) in [6.07, 6.45) is 2.84. The Morgan fingerprint density at radius 1 is 1.71 bits per heavy atom. The molecule has 0 spiro atoms. The van der Waals surface area contributed by atoms with Crippen molar-refractivity contribution in [3.05, 3.63) is 23.0 Å². The van der Waals surface area contributed by atoms with E-state index in [9.17, 15) is 4.79 Å². The normalized spacial score (nSPS) is 10.9. The van der Waals surface area contributed by atoms with Crippen LogP contribution in [0.15, 0.2) is 11.6 Å². The van der Waals surface area contributed by atoms with Crippen molar-refractivity contribution in [3.8, 4) is 0 Å². The molecule has 0 saturated carbocycles. The Balaban J connectivity index is 2.44. The Morgan fingerprint density at radius 3 is 3.14 bits per heavy atom. The summed E-state index contributed by atoms with van der Waals surface area (Å²) in [5, 5.41) is 10.5. The molecule has 4 nitrogen and oxygen atoms in total. The number of thiazole rings is 1. The van der Waals surface area contributed by atoms with Crippen LogP contribution in [0.2, 0.25) is 0 Å². The monoisotopic (exact) mass is 210 g/mol. The van der Waals surface area contributed by atoms with Crippen LogP contribution >= 0.6 is 11.3 Å². The Kier molecular flexibility index (Phi) is 2.25. The third-order valence-corrected chi connectivity index (χ3v) is 2.92. The number of carboxylic acid groups (broad SMARTS) is 1. The minimum atomic E-state index is -0.809. The first-order chi connectivity index (χ1) is 6.70. The molecule has 0 radical (unpaired) electrons.